The molecule has 2 aromatic rings. The van der Waals surface area contributed by atoms with Crippen molar-refractivity contribution in [1.29, 1.82) is 0 Å². The molecule has 0 atom stereocenters. The van der Waals surface area contributed by atoms with Crippen molar-refractivity contribution in [1.82, 2.24) is 0 Å². The highest BCUT2D eigenvalue weighted by Crippen LogP contribution is 2.35. The van der Waals surface area contributed by atoms with Crippen LogP contribution < -0.4 is 0 Å². The topological polar surface area (TPSA) is 20.2 Å². The molecule has 0 saturated carbocycles. The van der Waals surface area contributed by atoms with Crippen molar-refractivity contribution in [2.24, 2.45) is 0 Å². The maximum Gasteiger partial charge on any atom is 0.177 e. The fourth-order valence-electron chi connectivity index (χ4n) is 1.04. The number of hydrogen-bond donors (Lipinski definition) is 1. The third-order valence-electron chi connectivity index (χ3n) is 1.58. The number of phenols is 1. The van der Waals surface area contributed by atoms with Crippen LogP contribution in [0.1, 0.15) is 0 Å². The SMILES string of the molecule is Oc1ccc2sc(F)cc2c1Cl. The summed E-state index contributed by atoms with van der Waals surface area (Å²) in [5.41, 5.74) is 0. The van der Waals surface area contributed by atoms with E-state index in [2.05, 4.69) is 0 Å². The average molecular weight is 203 g/mol. The number of thiophene rings is 1. The number of aromatic hydroxyl groups is 1. The van der Waals surface area contributed by atoms with Gasteiger partial charge in [-0.25, -0.2) is 0 Å². The molecule has 1 N–H and O–H groups in total. The van der Waals surface area contributed by atoms with Crippen LogP contribution in [0.2, 0.25) is 5.02 Å². The highest BCUT2D eigenvalue weighted by atomic mass is 35.5. The fourth-order valence-corrected chi connectivity index (χ4v) is 2.10. The summed E-state index contributed by atoms with van der Waals surface area (Å²) in [5, 5.41) is 9.67. The Bertz CT molecular complexity index is 438. The van der Waals surface area contributed by atoms with Gasteiger partial charge in [0.2, 0.25) is 0 Å². The molecule has 4 heteroatoms. The van der Waals surface area contributed by atoms with Crippen LogP contribution in [-0.4, -0.2) is 5.11 Å². The molecule has 0 radical (unpaired) electrons. The van der Waals surface area contributed by atoms with Gasteiger partial charge in [-0.15, -0.1) is 11.3 Å². The van der Waals surface area contributed by atoms with Crippen molar-refractivity contribution in [3.63, 3.8) is 0 Å². The third kappa shape index (κ3) is 1.06. The first kappa shape index (κ1) is 7.83. The number of fused-ring (bicyclic) bond motifs is 1. The Hall–Kier alpha value is -0.800. The van der Waals surface area contributed by atoms with Gasteiger partial charge in [-0.1, -0.05) is 11.6 Å². The summed E-state index contributed by atoms with van der Waals surface area (Å²) >= 11 is 6.74. The average Bonchev–Trinajstić information content (AvgIpc) is 2.39. The Morgan fingerprint density at radius 2 is 2.17 bits per heavy atom. The lowest BCUT2D eigenvalue weighted by Gasteiger charge is -1.95. The quantitative estimate of drug-likeness (QED) is 0.694. The zero-order valence-electron chi connectivity index (χ0n) is 5.84. The molecule has 0 unspecified atom stereocenters. The minimum absolute atomic E-state index is 0.0121. The van der Waals surface area contributed by atoms with Crippen LogP contribution in [-0.2, 0) is 0 Å². The molecule has 1 aromatic heterocycles. The predicted octanol–water partition coefficient (Wildman–Crippen LogP) is 3.40. The second-order valence-electron chi connectivity index (χ2n) is 2.36. The normalized spacial score (nSPS) is 10.8. The van der Waals surface area contributed by atoms with E-state index in [0.29, 0.717) is 5.39 Å². The zero-order valence-corrected chi connectivity index (χ0v) is 7.42. The molecule has 12 heavy (non-hydrogen) atoms. The lowest BCUT2D eigenvalue weighted by Crippen LogP contribution is -1.68. The van der Waals surface area contributed by atoms with E-state index in [0.717, 1.165) is 16.0 Å². The number of phenolic OH excluding ortho intramolecular Hbond substituents is 1. The van der Waals surface area contributed by atoms with E-state index in [1.54, 1.807) is 6.07 Å². The number of rotatable bonds is 0. The molecule has 0 fully saturated rings. The Morgan fingerprint density at radius 3 is 2.92 bits per heavy atom. The molecule has 1 aromatic carbocycles. The van der Waals surface area contributed by atoms with E-state index >= 15 is 0 Å². The Kier molecular flexibility index (Phi) is 1.70. The molecule has 0 saturated heterocycles. The number of benzene rings is 1. The van der Waals surface area contributed by atoms with Crippen molar-refractivity contribution in [3.8, 4) is 5.75 Å². The van der Waals surface area contributed by atoms with Crippen molar-refractivity contribution in [3.05, 3.63) is 28.4 Å². The first-order valence-electron chi connectivity index (χ1n) is 3.25. The van der Waals surface area contributed by atoms with E-state index in [-0.39, 0.29) is 15.9 Å². The first-order chi connectivity index (χ1) is 5.68. The second kappa shape index (κ2) is 2.61. The van der Waals surface area contributed by atoms with E-state index in [1.807, 2.05) is 0 Å². The van der Waals surface area contributed by atoms with Gasteiger partial charge in [-0.2, -0.15) is 4.39 Å². The monoisotopic (exact) mass is 202 g/mol. The molecule has 0 aliphatic carbocycles. The van der Waals surface area contributed by atoms with Crippen LogP contribution in [0.25, 0.3) is 10.1 Å². The standard InChI is InChI=1S/C8H4ClFOS/c9-8-4-3-7(10)12-6(4)2-1-5(8)11/h1-3,11H. The summed E-state index contributed by atoms with van der Waals surface area (Å²) in [7, 11) is 0. The highest BCUT2D eigenvalue weighted by Gasteiger charge is 2.07. The molecule has 1 heterocycles. The largest absolute Gasteiger partial charge is 0.506 e. The van der Waals surface area contributed by atoms with Gasteiger partial charge in [0, 0.05) is 10.1 Å². The third-order valence-corrected chi connectivity index (χ3v) is 2.87. The first-order valence-corrected chi connectivity index (χ1v) is 4.44. The van der Waals surface area contributed by atoms with Crippen molar-refractivity contribution < 1.29 is 9.50 Å². The molecular weight excluding hydrogens is 199 g/mol. The smallest absolute Gasteiger partial charge is 0.177 e. The van der Waals surface area contributed by atoms with E-state index in [1.165, 1.54) is 12.1 Å². The van der Waals surface area contributed by atoms with Gasteiger partial charge in [0.25, 0.3) is 0 Å². The maximum atomic E-state index is 12.7. The zero-order chi connectivity index (χ0) is 8.72. The summed E-state index contributed by atoms with van der Waals surface area (Å²) in [6, 6.07) is 4.42. The van der Waals surface area contributed by atoms with Crippen LogP contribution in [0.15, 0.2) is 18.2 Å². The van der Waals surface area contributed by atoms with E-state index in [4.69, 9.17) is 11.6 Å². The van der Waals surface area contributed by atoms with Crippen molar-refractivity contribution in [2.75, 3.05) is 0 Å². The number of halogens is 2. The summed E-state index contributed by atoms with van der Waals surface area (Å²) in [4.78, 5) is 0. The lowest BCUT2D eigenvalue weighted by molar-refractivity contribution is 0.476. The molecule has 0 aliphatic rings. The summed E-state index contributed by atoms with van der Waals surface area (Å²) in [5.74, 6) is -0.0121. The van der Waals surface area contributed by atoms with Crippen molar-refractivity contribution >= 4 is 33.0 Å². The molecule has 62 valence electrons. The summed E-state index contributed by atoms with van der Waals surface area (Å²) < 4.78 is 13.5. The predicted molar refractivity (Wildman–Crippen MR) is 48.5 cm³/mol. The van der Waals surface area contributed by atoms with Gasteiger partial charge in [-0.05, 0) is 18.2 Å². The fraction of sp³-hybridized carbons (Fsp3) is 0. The second-order valence-corrected chi connectivity index (χ2v) is 3.77. The molecule has 1 nitrogen and oxygen atoms in total. The van der Waals surface area contributed by atoms with Gasteiger partial charge in [-0.3, -0.25) is 0 Å². The van der Waals surface area contributed by atoms with Crippen LogP contribution in [0.3, 0.4) is 0 Å². The van der Waals surface area contributed by atoms with Crippen LogP contribution in [0, 0.1) is 5.13 Å². The Balaban J connectivity index is 2.89. The highest BCUT2D eigenvalue weighted by molar-refractivity contribution is 7.17. The lowest BCUT2D eigenvalue weighted by atomic mass is 10.2. The van der Waals surface area contributed by atoms with E-state index in [9.17, 15) is 9.50 Å². The Morgan fingerprint density at radius 1 is 1.42 bits per heavy atom. The molecular formula is C8H4ClFOS. The molecule has 0 aliphatic heterocycles. The summed E-state index contributed by atoms with van der Waals surface area (Å²) in [6.45, 7) is 0. The van der Waals surface area contributed by atoms with Gasteiger partial charge < -0.3 is 5.11 Å². The maximum absolute atomic E-state index is 12.7. The molecule has 0 amide bonds. The van der Waals surface area contributed by atoms with Crippen LogP contribution >= 0.6 is 22.9 Å². The molecule has 0 spiro atoms. The van der Waals surface area contributed by atoms with Gasteiger partial charge in [0.15, 0.2) is 5.13 Å². The number of hydrogen-bond acceptors (Lipinski definition) is 2. The minimum Gasteiger partial charge on any atom is -0.506 e. The van der Waals surface area contributed by atoms with Crippen LogP contribution in [0.4, 0.5) is 4.39 Å². The van der Waals surface area contributed by atoms with Crippen molar-refractivity contribution in [2.45, 2.75) is 0 Å². The molecule has 0 bridgehead atoms. The van der Waals surface area contributed by atoms with Crippen LogP contribution in [0.5, 0.6) is 5.75 Å². The van der Waals surface area contributed by atoms with Gasteiger partial charge in [0.05, 0.1) is 5.02 Å². The molecule has 2 rings (SSSR count). The van der Waals surface area contributed by atoms with Gasteiger partial charge >= 0.3 is 0 Å². The minimum atomic E-state index is -0.294. The summed E-state index contributed by atoms with van der Waals surface area (Å²) in [6.07, 6.45) is 0. The van der Waals surface area contributed by atoms with E-state index < -0.39 is 0 Å². The van der Waals surface area contributed by atoms with Gasteiger partial charge in [0.1, 0.15) is 5.75 Å². The Labute approximate surface area is 77.0 Å².